The maximum atomic E-state index is 13.4. The van der Waals surface area contributed by atoms with Crippen LogP contribution >= 0.6 is 0 Å². The molecule has 4 heteroatoms. The maximum Gasteiger partial charge on any atom is 0.193 e. The van der Waals surface area contributed by atoms with Crippen molar-refractivity contribution in [1.29, 1.82) is 0 Å². The largest absolute Gasteiger partial charge is 0.516 e. The lowest BCUT2D eigenvalue weighted by atomic mass is 9.71. The van der Waals surface area contributed by atoms with E-state index in [0.717, 1.165) is 30.9 Å². The zero-order chi connectivity index (χ0) is 16.5. The molecule has 2 aliphatic rings. The number of hydrogen-bond donors (Lipinski definition) is 1. The highest BCUT2D eigenvalue weighted by molar-refractivity contribution is 5.22. The minimum atomic E-state index is -1.04. The number of aliphatic hydroxyl groups excluding tert-OH is 1. The first-order chi connectivity index (χ1) is 11.2. The minimum absolute atomic E-state index is 0.114. The zero-order valence-corrected chi connectivity index (χ0v) is 13.7. The molecule has 130 valence electrons. The van der Waals surface area contributed by atoms with Gasteiger partial charge in [0.2, 0.25) is 0 Å². The van der Waals surface area contributed by atoms with E-state index in [-0.39, 0.29) is 12.1 Å². The fourth-order valence-electron chi connectivity index (χ4n) is 4.02. The summed E-state index contributed by atoms with van der Waals surface area (Å²) < 4.78 is 31.1. The second-order valence-corrected chi connectivity index (χ2v) is 6.82. The van der Waals surface area contributed by atoms with E-state index < -0.39 is 5.83 Å². The average Bonchev–Trinajstić information content (AvgIpc) is 2.62. The summed E-state index contributed by atoms with van der Waals surface area (Å²) in [6.07, 6.45) is 14.7. The molecule has 2 nitrogen and oxygen atoms in total. The molecule has 1 N–H and O–H groups in total. The van der Waals surface area contributed by atoms with Gasteiger partial charge < -0.3 is 9.84 Å². The SMILES string of the molecule is O/C=C/C=C(OCC1CCC(C2CCCCC2)CC1)\C(F)=C\F. The van der Waals surface area contributed by atoms with Gasteiger partial charge in [-0.3, -0.25) is 0 Å². The molecule has 0 aromatic carbocycles. The van der Waals surface area contributed by atoms with Crippen LogP contribution in [-0.2, 0) is 4.74 Å². The number of rotatable bonds is 6. The van der Waals surface area contributed by atoms with Crippen LogP contribution in [0.15, 0.2) is 36.3 Å². The monoisotopic (exact) mass is 326 g/mol. The Morgan fingerprint density at radius 2 is 1.65 bits per heavy atom. The Bertz CT molecular complexity index is 429. The molecule has 23 heavy (non-hydrogen) atoms. The van der Waals surface area contributed by atoms with Gasteiger partial charge in [-0.25, -0.2) is 8.78 Å². The number of allylic oxidation sites excluding steroid dienone is 3. The lowest BCUT2D eigenvalue weighted by Gasteiger charge is -2.35. The van der Waals surface area contributed by atoms with E-state index in [2.05, 4.69) is 0 Å². The van der Waals surface area contributed by atoms with Crippen LogP contribution in [0.3, 0.4) is 0 Å². The highest BCUT2D eigenvalue weighted by Gasteiger charge is 2.28. The summed E-state index contributed by atoms with van der Waals surface area (Å²) in [5.41, 5.74) is 0. The van der Waals surface area contributed by atoms with Gasteiger partial charge in [-0.1, -0.05) is 32.1 Å². The van der Waals surface area contributed by atoms with Crippen molar-refractivity contribution in [2.24, 2.45) is 17.8 Å². The number of ether oxygens (including phenoxy) is 1. The maximum absolute atomic E-state index is 13.4. The summed E-state index contributed by atoms with van der Waals surface area (Å²) in [6, 6.07) is 0. The summed E-state index contributed by atoms with van der Waals surface area (Å²) in [5, 5.41) is 8.62. The van der Waals surface area contributed by atoms with E-state index in [1.54, 1.807) is 0 Å². The Morgan fingerprint density at radius 3 is 2.26 bits per heavy atom. The molecule has 0 amide bonds. The second kappa shape index (κ2) is 9.74. The third kappa shape index (κ3) is 5.67. The number of hydrogen-bond acceptors (Lipinski definition) is 2. The van der Waals surface area contributed by atoms with Crippen molar-refractivity contribution in [2.75, 3.05) is 6.61 Å². The van der Waals surface area contributed by atoms with Crippen LogP contribution in [0.4, 0.5) is 8.78 Å². The molecule has 0 spiro atoms. The summed E-state index contributed by atoms with van der Waals surface area (Å²) in [4.78, 5) is 0. The molecular weight excluding hydrogens is 298 g/mol. The molecule has 2 aliphatic carbocycles. The lowest BCUT2D eigenvalue weighted by Crippen LogP contribution is -2.25. The quantitative estimate of drug-likeness (QED) is 0.470. The van der Waals surface area contributed by atoms with Crippen molar-refractivity contribution in [1.82, 2.24) is 0 Å². The zero-order valence-electron chi connectivity index (χ0n) is 13.7. The third-order valence-electron chi connectivity index (χ3n) is 5.35. The van der Waals surface area contributed by atoms with Crippen LogP contribution in [0.2, 0.25) is 0 Å². The van der Waals surface area contributed by atoms with Crippen LogP contribution in [0.1, 0.15) is 57.8 Å². The van der Waals surface area contributed by atoms with E-state index in [1.165, 1.54) is 57.1 Å². The van der Waals surface area contributed by atoms with Crippen LogP contribution in [-0.4, -0.2) is 11.7 Å². The van der Waals surface area contributed by atoms with E-state index in [0.29, 0.717) is 12.5 Å². The molecule has 0 aromatic rings. The molecule has 0 unspecified atom stereocenters. The van der Waals surface area contributed by atoms with Gasteiger partial charge in [0.15, 0.2) is 11.6 Å². The summed E-state index contributed by atoms with van der Waals surface area (Å²) >= 11 is 0. The van der Waals surface area contributed by atoms with Crippen LogP contribution in [0.5, 0.6) is 0 Å². The normalized spacial score (nSPS) is 28.3. The molecule has 0 aromatic heterocycles. The van der Waals surface area contributed by atoms with Crippen LogP contribution < -0.4 is 0 Å². The molecule has 2 saturated carbocycles. The van der Waals surface area contributed by atoms with Crippen molar-refractivity contribution in [3.05, 3.63) is 36.3 Å². The Hall–Kier alpha value is -1.32. The first-order valence-corrected chi connectivity index (χ1v) is 8.84. The topological polar surface area (TPSA) is 29.5 Å². The Morgan fingerprint density at radius 1 is 1.00 bits per heavy atom. The van der Waals surface area contributed by atoms with Crippen molar-refractivity contribution < 1.29 is 18.6 Å². The average molecular weight is 326 g/mol. The van der Waals surface area contributed by atoms with Crippen molar-refractivity contribution >= 4 is 0 Å². The van der Waals surface area contributed by atoms with Gasteiger partial charge in [0.25, 0.3) is 0 Å². The second-order valence-electron chi connectivity index (χ2n) is 6.82. The molecule has 0 atom stereocenters. The molecule has 0 radical (unpaired) electrons. The van der Waals surface area contributed by atoms with Crippen molar-refractivity contribution in [3.8, 4) is 0 Å². The molecular formula is C19H28F2O2. The first-order valence-electron chi connectivity index (χ1n) is 8.84. The summed E-state index contributed by atoms with van der Waals surface area (Å²) in [7, 11) is 0. The fourth-order valence-corrected chi connectivity index (χ4v) is 4.02. The van der Waals surface area contributed by atoms with Crippen molar-refractivity contribution in [3.63, 3.8) is 0 Å². The standard InChI is InChI=1S/C19H28F2O2/c20-13-18(21)19(7-4-12-22)23-14-15-8-10-17(11-9-15)16-5-2-1-3-6-16/h4,7,12-13,15-17,22H,1-3,5-6,8-11,14H2/b12-4+,18-13-,19-7+. The predicted octanol–water partition coefficient (Wildman–Crippen LogP) is 6.13. The van der Waals surface area contributed by atoms with Gasteiger partial charge in [0, 0.05) is 0 Å². The van der Waals surface area contributed by atoms with Gasteiger partial charge in [0.05, 0.1) is 12.9 Å². The molecule has 0 bridgehead atoms. The predicted molar refractivity (Wildman–Crippen MR) is 88.1 cm³/mol. The first kappa shape index (κ1) is 18.0. The van der Waals surface area contributed by atoms with Gasteiger partial charge >= 0.3 is 0 Å². The number of halogens is 2. The van der Waals surface area contributed by atoms with Crippen LogP contribution in [0, 0.1) is 17.8 Å². The minimum Gasteiger partial charge on any atom is -0.516 e. The number of aliphatic hydroxyl groups is 1. The van der Waals surface area contributed by atoms with E-state index in [9.17, 15) is 8.78 Å². The summed E-state index contributed by atoms with van der Waals surface area (Å²) in [6.45, 7) is 0.406. The molecule has 2 fully saturated rings. The lowest BCUT2D eigenvalue weighted by molar-refractivity contribution is 0.104. The molecule has 0 aliphatic heterocycles. The van der Waals surface area contributed by atoms with E-state index in [4.69, 9.17) is 9.84 Å². The van der Waals surface area contributed by atoms with Crippen molar-refractivity contribution in [2.45, 2.75) is 57.8 Å². The molecule has 0 heterocycles. The highest BCUT2D eigenvalue weighted by Crippen LogP contribution is 2.40. The van der Waals surface area contributed by atoms with E-state index in [1.807, 2.05) is 0 Å². The van der Waals surface area contributed by atoms with Gasteiger partial charge in [-0.05, 0) is 55.6 Å². The Labute approximate surface area is 137 Å². The Kier molecular flexibility index (Phi) is 7.63. The van der Waals surface area contributed by atoms with Gasteiger partial charge in [-0.15, -0.1) is 0 Å². The highest BCUT2D eigenvalue weighted by atomic mass is 19.2. The molecule has 2 rings (SSSR count). The van der Waals surface area contributed by atoms with Crippen LogP contribution in [0.25, 0.3) is 0 Å². The fraction of sp³-hybridized carbons (Fsp3) is 0.684. The van der Waals surface area contributed by atoms with Gasteiger partial charge in [0.1, 0.15) is 6.33 Å². The molecule has 0 saturated heterocycles. The smallest absolute Gasteiger partial charge is 0.193 e. The third-order valence-corrected chi connectivity index (χ3v) is 5.35. The summed E-state index contributed by atoms with van der Waals surface area (Å²) in [5.74, 6) is 0.957. The Balaban J connectivity index is 1.76. The van der Waals surface area contributed by atoms with E-state index >= 15 is 0 Å². The van der Waals surface area contributed by atoms with Gasteiger partial charge in [-0.2, -0.15) is 0 Å².